The van der Waals surface area contributed by atoms with Crippen molar-refractivity contribution in [2.75, 3.05) is 0 Å². The number of fused-ring (bicyclic) bond motifs is 5. The van der Waals surface area contributed by atoms with Crippen molar-refractivity contribution in [3.63, 3.8) is 0 Å². The topological polar surface area (TPSA) is 4.93 Å². The summed E-state index contributed by atoms with van der Waals surface area (Å²) in [6.45, 7) is 0. The van der Waals surface area contributed by atoms with Crippen molar-refractivity contribution < 1.29 is 0 Å². The first-order valence-corrected chi connectivity index (χ1v) is 8.80. The first kappa shape index (κ1) is 13.8. The fourth-order valence-electron chi connectivity index (χ4n) is 3.62. The lowest BCUT2D eigenvalue weighted by Crippen LogP contribution is -1.95. The molecule has 0 bridgehead atoms. The molecule has 1 nitrogen and oxygen atoms in total. The molecule has 2 aliphatic rings. The van der Waals surface area contributed by atoms with Crippen molar-refractivity contribution in [2.45, 2.75) is 0 Å². The average Bonchev–Trinajstić information content (AvgIpc) is 3.00. The van der Waals surface area contributed by atoms with Crippen LogP contribution in [-0.4, -0.2) is 4.57 Å². The summed E-state index contributed by atoms with van der Waals surface area (Å²) in [7, 11) is 0. The van der Waals surface area contributed by atoms with Crippen LogP contribution in [-0.2, 0) is 0 Å². The van der Waals surface area contributed by atoms with Gasteiger partial charge in [-0.25, -0.2) is 0 Å². The van der Waals surface area contributed by atoms with Gasteiger partial charge in [-0.05, 0) is 45.8 Å². The normalized spacial score (nSPS) is 11.5. The maximum Gasteiger partial charge on any atom is 0.0620 e. The smallest absolute Gasteiger partial charge is 0.0620 e. The Labute approximate surface area is 148 Å². The summed E-state index contributed by atoms with van der Waals surface area (Å²) in [5.41, 5.74) is 6.23. The van der Waals surface area contributed by atoms with Crippen LogP contribution in [0, 0.1) is 0 Å². The zero-order chi connectivity index (χ0) is 16.1. The highest BCUT2D eigenvalue weighted by Crippen LogP contribution is 2.42. The molecule has 0 unspecified atom stereocenters. The lowest BCUT2D eigenvalue weighted by molar-refractivity contribution is 1.17. The molecule has 0 atom stereocenters. The van der Waals surface area contributed by atoms with Gasteiger partial charge in [0.15, 0.2) is 0 Å². The van der Waals surface area contributed by atoms with Crippen LogP contribution in [0.2, 0.25) is 0 Å². The fourth-order valence-corrected chi connectivity index (χ4v) is 4.08. The van der Waals surface area contributed by atoms with Gasteiger partial charge in [-0.15, -0.1) is 0 Å². The number of hydrogen-bond donors (Lipinski definition) is 0. The van der Waals surface area contributed by atoms with Gasteiger partial charge in [-0.3, -0.25) is 0 Å². The van der Waals surface area contributed by atoms with E-state index in [0.29, 0.717) is 0 Å². The van der Waals surface area contributed by atoms with E-state index in [0.717, 1.165) is 4.47 Å². The molecule has 1 aromatic heterocycles. The molecule has 3 aromatic rings. The van der Waals surface area contributed by atoms with Gasteiger partial charge in [0.05, 0.1) is 16.7 Å². The second-order valence-corrected chi connectivity index (χ2v) is 6.84. The van der Waals surface area contributed by atoms with Crippen LogP contribution in [0.5, 0.6) is 0 Å². The molecule has 0 saturated carbocycles. The Morgan fingerprint density at radius 3 is 2.33 bits per heavy atom. The summed E-state index contributed by atoms with van der Waals surface area (Å²) in [6.07, 6.45) is 0. The largest absolute Gasteiger partial charge is 0.307 e. The van der Waals surface area contributed by atoms with Crippen molar-refractivity contribution in [1.82, 2.24) is 4.57 Å². The van der Waals surface area contributed by atoms with Gasteiger partial charge in [-0.2, -0.15) is 0 Å². The molecule has 2 heteroatoms. The van der Waals surface area contributed by atoms with Crippen LogP contribution >= 0.6 is 15.9 Å². The maximum atomic E-state index is 3.73. The highest BCUT2D eigenvalue weighted by Gasteiger charge is 2.19. The number of hydrogen-bond acceptors (Lipinski definition) is 0. The molecular weight excluding hydrogens is 358 g/mol. The highest BCUT2D eigenvalue weighted by molar-refractivity contribution is 9.10. The first-order valence-electron chi connectivity index (χ1n) is 8.00. The highest BCUT2D eigenvalue weighted by atomic mass is 79.9. The standard InChI is InChI=1S/C22H14BrN/c23-19-11-5-7-13-21(19)24-20-12-6-4-10-17(20)18-14-15-8-2-1-3-9-16(15)22(18)24/h1-14H. The van der Waals surface area contributed by atoms with E-state index < -0.39 is 0 Å². The number of benzene rings is 2. The van der Waals surface area contributed by atoms with Crippen LogP contribution in [0.3, 0.4) is 0 Å². The second kappa shape index (κ2) is 5.22. The van der Waals surface area contributed by atoms with E-state index in [1.165, 1.54) is 38.6 Å². The summed E-state index contributed by atoms with van der Waals surface area (Å²) in [6, 6.07) is 30.0. The Morgan fingerprint density at radius 2 is 1.42 bits per heavy atom. The molecule has 0 spiro atoms. The summed E-state index contributed by atoms with van der Waals surface area (Å²) >= 11 is 3.73. The second-order valence-electron chi connectivity index (χ2n) is 5.99. The van der Waals surface area contributed by atoms with Gasteiger partial charge in [0, 0.05) is 20.8 Å². The average molecular weight is 372 g/mol. The van der Waals surface area contributed by atoms with Crippen LogP contribution in [0.4, 0.5) is 0 Å². The van der Waals surface area contributed by atoms with E-state index in [2.05, 4.69) is 105 Å². The minimum atomic E-state index is 1.10. The number of aromatic nitrogens is 1. The fraction of sp³-hybridized carbons (Fsp3) is 0. The molecule has 24 heavy (non-hydrogen) atoms. The Bertz CT molecular complexity index is 1170. The van der Waals surface area contributed by atoms with E-state index in [1.54, 1.807) is 0 Å². The number of para-hydroxylation sites is 2. The SMILES string of the molecule is Brc1ccccc1-n1c2ccccc2c2cc3cccccc-3c21. The van der Waals surface area contributed by atoms with Crippen molar-refractivity contribution in [3.8, 4) is 16.8 Å². The Hall–Kier alpha value is -2.58. The van der Waals surface area contributed by atoms with Gasteiger partial charge >= 0.3 is 0 Å². The summed E-state index contributed by atoms with van der Waals surface area (Å²) in [4.78, 5) is 0. The molecule has 0 radical (unpaired) electrons. The lowest BCUT2D eigenvalue weighted by atomic mass is 10.2. The summed E-state index contributed by atoms with van der Waals surface area (Å²) < 4.78 is 3.47. The van der Waals surface area contributed by atoms with Crippen LogP contribution in [0.15, 0.2) is 89.4 Å². The first-order chi connectivity index (χ1) is 11.8. The van der Waals surface area contributed by atoms with Gasteiger partial charge in [0.1, 0.15) is 0 Å². The van der Waals surface area contributed by atoms with Gasteiger partial charge in [0.2, 0.25) is 0 Å². The molecule has 5 rings (SSSR count). The van der Waals surface area contributed by atoms with Crippen LogP contribution < -0.4 is 0 Å². The Morgan fingerprint density at radius 1 is 0.667 bits per heavy atom. The predicted octanol–water partition coefficient (Wildman–Crippen LogP) is 6.65. The van der Waals surface area contributed by atoms with E-state index in [-0.39, 0.29) is 0 Å². The monoisotopic (exact) mass is 371 g/mol. The molecule has 0 N–H and O–H groups in total. The van der Waals surface area contributed by atoms with E-state index in [4.69, 9.17) is 0 Å². The number of nitrogens with zero attached hydrogens (tertiary/aromatic N) is 1. The number of halogens is 1. The molecule has 0 amide bonds. The quantitative estimate of drug-likeness (QED) is 0.310. The van der Waals surface area contributed by atoms with Crippen LogP contribution in [0.1, 0.15) is 0 Å². The third-order valence-electron chi connectivity index (χ3n) is 4.63. The molecule has 0 saturated heterocycles. The molecule has 2 aromatic carbocycles. The minimum absolute atomic E-state index is 1.10. The van der Waals surface area contributed by atoms with Crippen LogP contribution in [0.25, 0.3) is 38.6 Å². The molecular formula is C22H14BrN. The lowest BCUT2D eigenvalue weighted by Gasteiger charge is -2.10. The summed E-state index contributed by atoms with van der Waals surface area (Å²) in [5.74, 6) is 0. The molecule has 0 fully saturated rings. The summed E-state index contributed by atoms with van der Waals surface area (Å²) in [5, 5.41) is 2.60. The maximum absolute atomic E-state index is 3.73. The molecule has 0 aliphatic heterocycles. The van der Waals surface area contributed by atoms with Gasteiger partial charge in [0.25, 0.3) is 0 Å². The van der Waals surface area contributed by atoms with Gasteiger partial charge in [-0.1, -0.05) is 60.7 Å². The molecule has 1 heterocycles. The zero-order valence-corrected chi connectivity index (χ0v) is 14.5. The van der Waals surface area contributed by atoms with Crippen molar-refractivity contribution >= 4 is 37.7 Å². The van der Waals surface area contributed by atoms with Crippen molar-refractivity contribution in [3.05, 3.63) is 89.4 Å². The van der Waals surface area contributed by atoms with E-state index >= 15 is 0 Å². The van der Waals surface area contributed by atoms with Gasteiger partial charge < -0.3 is 4.57 Å². The van der Waals surface area contributed by atoms with E-state index in [9.17, 15) is 0 Å². The Kier molecular flexibility index (Phi) is 3.00. The third kappa shape index (κ3) is 1.87. The number of rotatable bonds is 1. The third-order valence-corrected chi connectivity index (χ3v) is 5.30. The predicted molar refractivity (Wildman–Crippen MR) is 105 cm³/mol. The van der Waals surface area contributed by atoms with Crippen molar-refractivity contribution in [2.24, 2.45) is 0 Å². The molecule has 2 aliphatic carbocycles. The Balaban J connectivity index is 2.06. The zero-order valence-electron chi connectivity index (χ0n) is 12.9. The van der Waals surface area contributed by atoms with Crippen molar-refractivity contribution in [1.29, 1.82) is 0 Å². The molecule has 114 valence electrons. The minimum Gasteiger partial charge on any atom is -0.307 e. The van der Waals surface area contributed by atoms with E-state index in [1.807, 2.05) is 0 Å².